The minimum absolute atomic E-state index is 0.123. The SMILES string of the molecule is CCCn1nc(C)c(NC(=O)c2cccc3c2CCC3=O)c1C. The van der Waals surface area contributed by atoms with Crippen molar-refractivity contribution < 1.29 is 9.59 Å². The number of anilines is 1. The van der Waals surface area contributed by atoms with Gasteiger partial charge in [0, 0.05) is 24.1 Å². The summed E-state index contributed by atoms with van der Waals surface area (Å²) in [6, 6.07) is 5.36. The number of amides is 1. The zero-order valence-corrected chi connectivity index (χ0v) is 13.8. The molecule has 0 radical (unpaired) electrons. The van der Waals surface area contributed by atoms with Crippen LogP contribution >= 0.6 is 0 Å². The number of nitrogens with one attached hydrogen (secondary N) is 1. The number of Topliss-reactive ketones (excluding diaryl/α,β-unsaturated/α-hetero) is 1. The van der Waals surface area contributed by atoms with Crippen molar-refractivity contribution in [2.24, 2.45) is 0 Å². The van der Waals surface area contributed by atoms with Gasteiger partial charge >= 0.3 is 0 Å². The third kappa shape index (κ3) is 2.67. The summed E-state index contributed by atoms with van der Waals surface area (Å²) in [5.41, 5.74) is 4.69. The molecule has 1 aromatic heterocycles. The van der Waals surface area contributed by atoms with Crippen LogP contribution in [0, 0.1) is 13.8 Å². The second-order valence-corrected chi connectivity index (χ2v) is 5.98. The Kier molecular flexibility index (Phi) is 4.03. The third-order valence-electron chi connectivity index (χ3n) is 4.38. The third-order valence-corrected chi connectivity index (χ3v) is 4.38. The van der Waals surface area contributed by atoms with Gasteiger partial charge in [0.2, 0.25) is 0 Å². The quantitative estimate of drug-likeness (QED) is 0.942. The van der Waals surface area contributed by atoms with E-state index in [1.165, 1.54) is 0 Å². The largest absolute Gasteiger partial charge is 0.319 e. The lowest BCUT2D eigenvalue weighted by atomic mass is 10.0. The molecule has 1 N–H and O–H groups in total. The molecule has 0 saturated heterocycles. The van der Waals surface area contributed by atoms with Crippen LogP contribution in [0.3, 0.4) is 0 Å². The van der Waals surface area contributed by atoms with E-state index in [-0.39, 0.29) is 11.7 Å². The highest BCUT2D eigenvalue weighted by atomic mass is 16.1. The van der Waals surface area contributed by atoms with E-state index in [0.29, 0.717) is 24.0 Å². The Morgan fingerprint density at radius 2 is 2.09 bits per heavy atom. The molecule has 2 aromatic rings. The zero-order chi connectivity index (χ0) is 16.6. The molecule has 3 rings (SSSR count). The van der Waals surface area contributed by atoms with E-state index in [4.69, 9.17) is 0 Å². The van der Waals surface area contributed by atoms with E-state index >= 15 is 0 Å². The maximum absolute atomic E-state index is 12.7. The predicted octanol–water partition coefficient (Wildman–Crippen LogP) is 3.29. The van der Waals surface area contributed by atoms with Crippen LogP contribution in [0.5, 0.6) is 0 Å². The summed E-state index contributed by atoms with van der Waals surface area (Å²) in [5.74, 6) is -0.0448. The fourth-order valence-corrected chi connectivity index (χ4v) is 3.19. The number of rotatable bonds is 4. The second kappa shape index (κ2) is 5.99. The lowest BCUT2D eigenvalue weighted by Gasteiger charge is -2.09. The smallest absolute Gasteiger partial charge is 0.256 e. The van der Waals surface area contributed by atoms with Gasteiger partial charge in [-0.2, -0.15) is 5.10 Å². The summed E-state index contributed by atoms with van der Waals surface area (Å²) in [4.78, 5) is 24.5. The summed E-state index contributed by atoms with van der Waals surface area (Å²) < 4.78 is 1.92. The van der Waals surface area contributed by atoms with Gasteiger partial charge < -0.3 is 5.32 Å². The van der Waals surface area contributed by atoms with Crippen LogP contribution in [0.2, 0.25) is 0 Å². The van der Waals surface area contributed by atoms with Gasteiger partial charge in [0.25, 0.3) is 5.91 Å². The zero-order valence-electron chi connectivity index (χ0n) is 13.8. The summed E-state index contributed by atoms with van der Waals surface area (Å²) in [7, 11) is 0. The number of carbonyl (C=O) groups is 2. The Morgan fingerprint density at radius 1 is 1.30 bits per heavy atom. The molecule has 0 saturated carbocycles. The number of ketones is 1. The van der Waals surface area contributed by atoms with Crippen molar-refractivity contribution >= 4 is 17.4 Å². The van der Waals surface area contributed by atoms with E-state index < -0.39 is 0 Å². The first-order valence-electron chi connectivity index (χ1n) is 8.03. The molecule has 5 nitrogen and oxygen atoms in total. The molecule has 1 aliphatic carbocycles. The van der Waals surface area contributed by atoms with Crippen LogP contribution in [-0.4, -0.2) is 21.5 Å². The number of aryl methyl sites for hydroxylation is 2. The molecule has 120 valence electrons. The van der Waals surface area contributed by atoms with Crippen molar-refractivity contribution in [3.8, 4) is 0 Å². The first-order chi connectivity index (χ1) is 11.0. The van der Waals surface area contributed by atoms with E-state index in [1.54, 1.807) is 18.2 Å². The molecule has 1 aliphatic rings. The van der Waals surface area contributed by atoms with Crippen molar-refractivity contribution in [3.63, 3.8) is 0 Å². The van der Waals surface area contributed by atoms with Gasteiger partial charge in [0.05, 0.1) is 17.1 Å². The van der Waals surface area contributed by atoms with Crippen LogP contribution < -0.4 is 5.32 Å². The molecule has 0 unspecified atom stereocenters. The van der Waals surface area contributed by atoms with Gasteiger partial charge in [0.15, 0.2) is 5.78 Å². The van der Waals surface area contributed by atoms with Gasteiger partial charge in [-0.25, -0.2) is 0 Å². The number of fused-ring (bicyclic) bond motifs is 1. The standard InChI is InChI=1S/C18H21N3O2/c1-4-10-21-12(3)17(11(2)20-21)19-18(23)15-7-5-6-14-13(15)8-9-16(14)22/h5-7H,4,8-10H2,1-3H3,(H,19,23). The Balaban J connectivity index is 1.91. The normalized spacial score (nSPS) is 13.3. The van der Waals surface area contributed by atoms with E-state index in [0.717, 1.165) is 35.6 Å². The van der Waals surface area contributed by atoms with Gasteiger partial charge in [0.1, 0.15) is 0 Å². The Labute approximate surface area is 135 Å². The lowest BCUT2D eigenvalue weighted by Crippen LogP contribution is -2.15. The average molecular weight is 311 g/mol. The van der Waals surface area contributed by atoms with Gasteiger partial charge in [-0.15, -0.1) is 0 Å². The highest BCUT2D eigenvalue weighted by Gasteiger charge is 2.25. The molecule has 0 aliphatic heterocycles. The summed E-state index contributed by atoms with van der Waals surface area (Å²) >= 11 is 0. The molecule has 23 heavy (non-hydrogen) atoms. The Hall–Kier alpha value is -2.43. The first kappa shape index (κ1) is 15.5. The fourth-order valence-electron chi connectivity index (χ4n) is 3.19. The molecule has 1 heterocycles. The van der Waals surface area contributed by atoms with Crippen LogP contribution in [0.1, 0.15) is 57.4 Å². The van der Waals surface area contributed by atoms with Crippen molar-refractivity contribution in [2.45, 2.75) is 46.6 Å². The highest BCUT2D eigenvalue weighted by Crippen LogP contribution is 2.27. The number of hydrogen-bond donors (Lipinski definition) is 1. The molecular formula is C18H21N3O2. The van der Waals surface area contributed by atoms with Gasteiger partial charge in [-0.05, 0) is 38.3 Å². The molecule has 1 amide bonds. The number of hydrogen-bond acceptors (Lipinski definition) is 3. The van der Waals surface area contributed by atoms with Crippen molar-refractivity contribution in [1.29, 1.82) is 0 Å². The van der Waals surface area contributed by atoms with Crippen molar-refractivity contribution in [3.05, 3.63) is 46.3 Å². The minimum atomic E-state index is -0.168. The van der Waals surface area contributed by atoms with E-state index in [2.05, 4.69) is 17.3 Å². The maximum atomic E-state index is 12.7. The second-order valence-electron chi connectivity index (χ2n) is 5.98. The van der Waals surface area contributed by atoms with Crippen LogP contribution in [-0.2, 0) is 13.0 Å². The van der Waals surface area contributed by atoms with E-state index in [9.17, 15) is 9.59 Å². The summed E-state index contributed by atoms with van der Waals surface area (Å²) in [6.45, 7) is 6.79. The molecule has 1 aromatic carbocycles. The molecule has 0 fully saturated rings. The van der Waals surface area contributed by atoms with Crippen LogP contribution in [0.15, 0.2) is 18.2 Å². The minimum Gasteiger partial charge on any atom is -0.319 e. The fraction of sp³-hybridized carbons (Fsp3) is 0.389. The van der Waals surface area contributed by atoms with Crippen LogP contribution in [0.25, 0.3) is 0 Å². The molecule has 0 atom stereocenters. The summed E-state index contributed by atoms with van der Waals surface area (Å²) in [5, 5.41) is 7.46. The topological polar surface area (TPSA) is 64.0 Å². The highest BCUT2D eigenvalue weighted by molar-refractivity contribution is 6.10. The number of nitrogens with zero attached hydrogens (tertiary/aromatic N) is 2. The summed E-state index contributed by atoms with van der Waals surface area (Å²) in [6.07, 6.45) is 2.13. The first-order valence-corrected chi connectivity index (χ1v) is 8.03. The van der Waals surface area contributed by atoms with E-state index in [1.807, 2.05) is 18.5 Å². The molecule has 0 bridgehead atoms. The number of carbonyl (C=O) groups excluding carboxylic acids is 2. The maximum Gasteiger partial charge on any atom is 0.256 e. The molecule has 5 heteroatoms. The van der Waals surface area contributed by atoms with Crippen molar-refractivity contribution in [2.75, 3.05) is 5.32 Å². The van der Waals surface area contributed by atoms with Crippen LogP contribution in [0.4, 0.5) is 5.69 Å². The molecule has 0 spiro atoms. The van der Waals surface area contributed by atoms with Gasteiger partial charge in [-0.3, -0.25) is 14.3 Å². The van der Waals surface area contributed by atoms with Crippen molar-refractivity contribution in [1.82, 2.24) is 9.78 Å². The Morgan fingerprint density at radius 3 is 2.83 bits per heavy atom. The lowest BCUT2D eigenvalue weighted by molar-refractivity contribution is 0.0993. The monoisotopic (exact) mass is 311 g/mol. The van der Waals surface area contributed by atoms with Gasteiger partial charge in [-0.1, -0.05) is 19.1 Å². The Bertz CT molecular complexity index is 790. The number of aromatic nitrogens is 2. The number of benzene rings is 1. The average Bonchev–Trinajstić information content (AvgIpc) is 3.03. The molecular weight excluding hydrogens is 290 g/mol. The predicted molar refractivity (Wildman–Crippen MR) is 89.0 cm³/mol.